The Hall–Kier alpha value is -3.55. The number of carbonyl (C=O) groups excluding carboxylic acids is 1. The Morgan fingerprint density at radius 3 is 2.52 bits per heavy atom. The first kappa shape index (κ1) is 14.4. The number of aromatic nitrogens is 3. The van der Waals surface area contributed by atoms with Crippen LogP contribution in [0.5, 0.6) is 0 Å². The number of aromatic carboxylic acids is 1. The molecule has 1 amide bonds. The first-order chi connectivity index (χ1) is 11.1. The molecule has 0 spiro atoms. The van der Waals surface area contributed by atoms with Crippen molar-refractivity contribution in [3.8, 4) is 0 Å². The number of nitrogens with zero attached hydrogens (tertiary/aromatic N) is 3. The van der Waals surface area contributed by atoms with Crippen LogP contribution in [0.25, 0.3) is 10.8 Å². The highest BCUT2D eigenvalue weighted by atomic mass is 16.4. The molecule has 1 aromatic carbocycles. The van der Waals surface area contributed by atoms with Gasteiger partial charge in [0.05, 0.1) is 11.8 Å². The SMILES string of the molecule is O=C(Nn1cc(C(=O)O)c2ccccc2c1=O)c1cnccn1. The molecule has 0 unspecified atom stereocenters. The Labute approximate surface area is 129 Å². The molecule has 2 aromatic heterocycles. The van der Waals surface area contributed by atoms with Crippen LogP contribution in [0.1, 0.15) is 20.8 Å². The molecule has 8 heteroatoms. The summed E-state index contributed by atoms with van der Waals surface area (Å²) in [5, 5.41) is 9.79. The molecule has 3 aromatic rings. The third-order valence-corrected chi connectivity index (χ3v) is 3.17. The summed E-state index contributed by atoms with van der Waals surface area (Å²) >= 11 is 0. The fourth-order valence-electron chi connectivity index (χ4n) is 2.13. The normalized spacial score (nSPS) is 10.4. The molecule has 0 aliphatic heterocycles. The van der Waals surface area contributed by atoms with E-state index in [2.05, 4.69) is 15.4 Å². The summed E-state index contributed by atoms with van der Waals surface area (Å²) in [6.45, 7) is 0. The summed E-state index contributed by atoms with van der Waals surface area (Å²) < 4.78 is 0.836. The second-order valence-corrected chi connectivity index (χ2v) is 4.60. The van der Waals surface area contributed by atoms with Gasteiger partial charge in [-0.05, 0) is 6.07 Å². The van der Waals surface area contributed by atoms with Gasteiger partial charge in [0.1, 0.15) is 5.69 Å². The molecule has 0 aliphatic carbocycles. The predicted octanol–water partition coefficient (Wildman–Crippen LogP) is 0.874. The van der Waals surface area contributed by atoms with Gasteiger partial charge in [0, 0.05) is 29.4 Å². The van der Waals surface area contributed by atoms with Gasteiger partial charge in [-0.2, -0.15) is 0 Å². The second-order valence-electron chi connectivity index (χ2n) is 4.60. The van der Waals surface area contributed by atoms with E-state index in [0.717, 1.165) is 10.9 Å². The zero-order valence-electron chi connectivity index (χ0n) is 11.6. The Bertz CT molecular complexity index is 966. The van der Waals surface area contributed by atoms with Crippen molar-refractivity contribution in [3.05, 3.63) is 70.7 Å². The summed E-state index contributed by atoms with van der Waals surface area (Å²) in [5.41, 5.74) is 1.68. The Morgan fingerprint density at radius 1 is 1.13 bits per heavy atom. The van der Waals surface area contributed by atoms with Crippen LogP contribution in [0.4, 0.5) is 0 Å². The predicted molar refractivity (Wildman–Crippen MR) is 80.9 cm³/mol. The van der Waals surface area contributed by atoms with Gasteiger partial charge in [0.25, 0.3) is 11.5 Å². The average Bonchev–Trinajstić information content (AvgIpc) is 2.58. The molecule has 2 heterocycles. The molecule has 0 atom stereocenters. The summed E-state index contributed by atoms with van der Waals surface area (Å²) in [5.74, 6) is -1.88. The molecule has 0 aliphatic rings. The van der Waals surface area contributed by atoms with E-state index in [-0.39, 0.29) is 16.6 Å². The molecule has 0 radical (unpaired) electrons. The zero-order chi connectivity index (χ0) is 16.4. The standard InChI is InChI=1S/C15H10N4O4/c20-13(12-7-16-5-6-17-12)18-19-8-11(15(22)23)9-3-1-2-4-10(9)14(19)21/h1-8H,(H,18,20)(H,22,23). The molecule has 3 rings (SSSR count). The summed E-state index contributed by atoms with van der Waals surface area (Å²) in [6, 6.07) is 6.28. The Balaban J connectivity index is 2.11. The molecular formula is C15H10N4O4. The first-order valence-corrected chi connectivity index (χ1v) is 6.53. The lowest BCUT2D eigenvalue weighted by atomic mass is 10.1. The third-order valence-electron chi connectivity index (χ3n) is 3.17. The number of carbonyl (C=O) groups is 2. The number of carboxylic acids is 1. The number of nitrogens with one attached hydrogen (secondary N) is 1. The number of benzene rings is 1. The lowest BCUT2D eigenvalue weighted by Gasteiger charge is -2.11. The molecule has 2 N–H and O–H groups in total. The molecule has 0 bridgehead atoms. The zero-order valence-corrected chi connectivity index (χ0v) is 11.6. The van der Waals surface area contributed by atoms with Gasteiger partial charge in [-0.1, -0.05) is 18.2 Å². The first-order valence-electron chi connectivity index (χ1n) is 6.53. The number of hydrogen-bond donors (Lipinski definition) is 2. The van der Waals surface area contributed by atoms with Crippen LogP contribution in [0, 0.1) is 0 Å². The van der Waals surface area contributed by atoms with Gasteiger partial charge in [-0.3, -0.25) is 20.0 Å². The second kappa shape index (κ2) is 5.68. The molecule has 0 saturated heterocycles. The van der Waals surface area contributed by atoms with Crippen LogP contribution in [0.3, 0.4) is 0 Å². The van der Waals surface area contributed by atoms with Crippen molar-refractivity contribution < 1.29 is 14.7 Å². The molecule has 114 valence electrons. The van der Waals surface area contributed by atoms with E-state index in [0.29, 0.717) is 5.39 Å². The van der Waals surface area contributed by atoms with E-state index in [1.165, 1.54) is 30.7 Å². The minimum atomic E-state index is -1.20. The minimum Gasteiger partial charge on any atom is -0.478 e. The Kier molecular flexibility index (Phi) is 3.55. The molecule has 0 fully saturated rings. The summed E-state index contributed by atoms with van der Waals surface area (Å²) in [4.78, 5) is 43.4. The lowest BCUT2D eigenvalue weighted by Crippen LogP contribution is -2.34. The molecular weight excluding hydrogens is 300 g/mol. The summed E-state index contributed by atoms with van der Waals surface area (Å²) in [7, 11) is 0. The number of pyridine rings is 1. The van der Waals surface area contributed by atoms with Gasteiger partial charge in [0.2, 0.25) is 0 Å². The van der Waals surface area contributed by atoms with Gasteiger partial charge >= 0.3 is 5.97 Å². The minimum absolute atomic E-state index is 0.00411. The monoisotopic (exact) mass is 310 g/mol. The molecule has 23 heavy (non-hydrogen) atoms. The van der Waals surface area contributed by atoms with E-state index >= 15 is 0 Å². The van der Waals surface area contributed by atoms with Gasteiger partial charge < -0.3 is 5.11 Å². The van der Waals surface area contributed by atoms with Crippen LogP contribution in [0.15, 0.2) is 53.8 Å². The average molecular weight is 310 g/mol. The van der Waals surface area contributed by atoms with Gasteiger partial charge in [0.15, 0.2) is 0 Å². The fourth-order valence-corrected chi connectivity index (χ4v) is 2.13. The van der Waals surface area contributed by atoms with Crippen LogP contribution in [-0.4, -0.2) is 31.6 Å². The Morgan fingerprint density at radius 2 is 1.87 bits per heavy atom. The highest BCUT2D eigenvalue weighted by molar-refractivity contribution is 6.03. The quantitative estimate of drug-likeness (QED) is 0.742. The van der Waals surface area contributed by atoms with Crippen molar-refractivity contribution in [1.82, 2.24) is 14.6 Å². The van der Waals surface area contributed by atoms with E-state index in [1.54, 1.807) is 12.1 Å². The van der Waals surface area contributed by atoms with Crippen LogP contribution >= 0.6 is 0 Å². The van der Waals surface area contributed by atoms with E-state index < -0.39 is 17.4 Å². The van der Waals surface area contributed by atoms with Gasteiger partial charge in [-0.25, -0.2) is 14.5 Å². The molecule has 0 saturated carbocycles. The maximum atomic E-state index is 12.4. The van der Waals surface area contributed by atoms with E-state index in [4.69, 9.17) is 0 Å². The van der Waals surface area contributed by atoms with E-state index in [1.807, 2.05) is 0 Å². The van der Waals surface area contributed by atoms with Crippen molar-refractivity contribution in [3.63, 3.8) is 0 Å². The van der Waals surface area contributed by atoms with Crippen molar-refractivity contribution in [2.24, 2.45) is 0 Å². The number of hydrogen-bond acceptors (Lipinski definition) is 5. The van der Waals surface area contributed by atoms with Crippen molar-refractivity contribution in [1.29, 1.82) is 0 Å². The van der Waals surface area contributed by atoms with E-state index in [9.17, 15) is 19.5 Å². The summed E-state index contributed by atoms with van der Waals surface area (Å²) in [6.07, 6.45) is 5.04. The number of fused-ring (bicyclic) bond motifs is 1. The van der Waals surface area contributed by atoms with Crippen molar-refractivity contribution >= 4 is 22.6 Å². The highest BCUT2D eigenvalue weighted by Crippen LogP contribution is 2.14. The van der Waals surface area contributed by atoms with Crippen LogP contribution < -0.4 is 11.0 Å². The number of amides is 1. The maximum Gasteiger partial charge on any atom is 0.337 e. The van der Waals surface area contributed by atoms with Crippen LogP contribution in [0.2, 0.25) is 0 Å². The smallest absolute Gasteiger partial charge is 0.337 e. The fraction of sp³-hybridized carbons (Fsp3) is 0. The molecule has 8 nitrogen and oxygen atoms in total. The number of rotatable bonds is 3. The topological polar surface area (TPSA) is 114 Å². The van der Waals surface area contributed by atoms with Gasteiger partial charge in [-0.15, -0.1) is 0 Å². The highest BCUT2D eigenvalue weighted by Gasteiger charge is 2.15. The van der Waals surface area contributed by atoms with Crippen LogP contribution in [-0.2, 0) is 0 Å². The number of carboxylic acid groups (broad SMARTS) is 1. The maximum absolute atomic E-state index is 12.4. The van der Waals surface area contributed by atoms with Crippen molar-refractivity contribution in [2.75, 3.05) is 5.43 Å². The lowest BCUT2D eigenvalue weighted by molar-refractivity contribution is 0.0697. The van der Waals surface area contributed by atoms with Crippen molar-refractivity contribution in [2.45, 2.75) is 0 Å². The third kappa shape index (κ3) is 2.64. The largest absolute Gasteiger partial charge is 0.478 e.